The number of hydrogen-bond donors (Lipinski definition) is 1. The molecule has 1 fully saturated rings. The molecule has 1 aromatic carbocycles. The van der Waals surface area contributed by atoms with Crippen LogP contribution in [0.1, 0.15) is 32.6 Å². The van der Waals surface area contributed by atoms with Gasteiger partial charge < -0.3 is 9.64 Å². The van der Waals surface area contributed by atoms with E-state index in [9.17, 15) is 18.5 Å². The summed E-state index contributed by atoms with van der Waals surface area (Å²) in [5.41, 5.74) is 0.306. The number of nitro groups is 1. The maximum absolute atomic E-state index is 12.4. The molecule has 0 amide bonds. The predicted octanol–water partition coefficient (Wildman–Crippen LogP) is 2.29. The number of nitrogens with zero attached hydrogens (tertiary/aromatic N) is 2. The van der Waals surface area contributed by atoms with E-state index in [1.807, 2.05) is 4.90 Å². The van der Waals surface area contributed by atoms with Gasteiger partial charge in [0.05, 0.1) is 16.4 Å². The van der Waals surface area contributed by atoms with Crippen molar-refractivity contribution in [2.24, 2.45) is 0 Å². The van der Waals surface area contributed by atoms with E-state index in [0.29, 0.717) is 5.69 Å². The average molecular weight is 371 g/mol. The zero-order chi connectivity index (χ0) is 18.4. The van der Waals surface area contributed by atoms with Crippen LogP contribution in [0.25, 0.3) is 0 Å². The lowest BCUT2D eigenvalue weighted by Gasteiger charge is -2.22. The Hall–Kier alpha value is -1.71. The number of nitro benzene ring substituents is 1. The van der Waals surface area contributed by atoms with Crippen LogP contribution in [0.4, 0.5) is 11.4 Å². The number of ether oxygens (including phenoxy) is 1. The van der Waals surface area contributed by atoms with E-state index in [-0.39, 0.29) is 17.2 Å². The minimum atomic E-state index is -3.85. The van der Waals surface area contributed by atoms with Crippen molar-refractivity contribution in [1.29, 1.82) is 0 Å². The molecule has 0 aliphatic carbocycles. The molecule has 0 bridgehead atoms. The number of anilines is 1. The van der Waals surface area contributed by atoms with Crippen LogP contribution in [0.3, 0.4) is 0 Å². The largest absolute Gasteiger partial charge is 0.383 e. The van der Waals surface area contributed by atoms with Gasteiger partial charge in [-0.25, -0.2) is 13.1 Å². The first-order chi connectivity index (χ1) is 11.8. The third kappa shape index (κ3) is 5.13. The first-order valence-corrected chi connectivity index (χ1v) is 9.88. The first-order valence-electron chi connectivity index (χ1n) is 8.40. The van der Waals surface area contributed by atoms with E-state index in [4.69, 9.17) is 4.74 Å². The van der Waals surface area contributed by atoms with Crippen molar-refractivity contribution in [3.05, 3.63) is 28.3 Å². The topological polar surface area (TPSA) is 102 Å². The Kier molecular flexibility index (Phi) is 6.74. The molecule has 1 aliphatic rings. The molecule has 8 nitrogen and oxygen atoms in total. The SMILES string of the molecule is COC[C@@H](C)NS(=O)(=O)c1ccc(N2CCCCCC2)c([N+](=O)[O-])c1. The van der Waals surface area contributed by atoms with Crippen molar-refractivity contribution in [3.63, 3.8) is 0 Å². The molecule has 1 heterocycles. The maximum Gasteiger partial charge on any atom is 0.293 e. The Morgan fingerprint density at radius 2 is 1.92 bits per heavy atom. The molecule has 1 aromatic rings. The molecule has 140 valence electrons. The highest BCUT2D eigenvalue weighted by atomic mass is 32.2. The van der Waals surface area contributed by atoms with Crippen molar-refractivity contribution >= 4 is 21.4 Å². The van der Waals surface area contributed by atoms with E-state index >= 15 is 0 Å². The Morgan fingerprint density at radius 3 is 2.48 bits per heavy atom. The van der Waals surface area contributed by atoms with Gasteiger partial charge in [-0.05, 0) is 31.9 Å². The van der Waals surface area contributed by atoms with Crippen LogP contribution in [0.15, 0.2) is 23.1 Å². The molecular formula is C16H25N3O5S. The molecule has 0 aromatic heterocycles. The van der Waals surface area contributed by atoms with Crippen molar-refractivity contribution in [3.8, 4) is 0 Å². The molecule has 1 N–H and O–H groups in total. The van der Waals surface area contributed by atoms with Crippen LogP contribution in [-0.4, -0.2) is 46.2 Å². The summed E-state index contributed by atoms with van der Waals surface area (Å²) in [6.45, 7) is 3.38. The molecule has 0 saturated carbocycles. The van der Waals surface area contributed by atoms with Crippen molar-refractivity contribution < 1.29 is 18.1 Å². The lowest BCUT2D eigenvalue weighted by molar-refractivity contribution is -0.384. The van der Waals surface area contributed by atoms with Crippen LogP contribution in [0.5, 0.6) is 0 Å². The molecule has 0 spiro atoms. The highest BCUT2D eigenvalue weighted by molar-refractivity contribution is 7.89. The zero-order valence-corrected chi connectivity index (χ0v) is 15.4. The minimum Gasteiger partial charge on any atom is -0.383 e. The maximum atomic E-state index is 12.4. The summed E-state index contributed by atoms with van der Waals surface area (Å²) in [6.07, 6.45) is 4.18. The lowest BCUT2D eigenvalue weighted by Crippen LogP contribution is -2.35. The summed E-state index contributed by atoms with van der Waals surface area (Å²) in [7, 11) is -2.37. The second-order valence-electron chi connectivity index (χ2n) is 6.29. The quantitative estimate of drug-likeness (QED) is 0.583. The normalized spacial score (nSPS) is 17.1. The Balaban J connectivity index is 2.33. The van der Waals surface area contributed by atoms with Gasteiger partial charge in [0.2, 0.25) is 10.0 Å². The fourth-order valence-electron chi connectivity index (χ4n) is 3.01. The molecular weight excluding hydrogens is 346 g/mol. The number of rotatable bonds is 7. The fraction of sp³-hybridized carbons (Fsp3) is 0.625. The third-order valence-corrected chi connectivity index (χ3v) is 5.76. The molecule has 9 heteroatoms. The number of nitrogens with one attached hydrogen (secondary N) is 1. The van der Waals surface area contributed by atoms with Crippen molar-refractivity contribution in [2.45, 2.75) is 43.5 Å². The molecule has 0 unspecified atom stereocenters. The second kappa shape index (κ2) is 8.59. The molecule has 1 aliphatic heterocycles. The van der Waals surface area contributed by atoms with Crippen molar-refractivity contribution in [2.75, 3.05) is 31.7 Å². The van der Waals surface area contributed by atoms with Gasteiger partial charge in [-0.2, -0.15) is 0 Å². The summed E-state index contributed by atoms with van der Waals surface area (Å²) < 4.78 is 32.2. The van der Waals surface area contributed by atoms with Gasteiger partial charge in [-0.15, -0.1) is 0 Å². The van der Waals surface area contributed by atoms with Gasteiger partial charge in [0.1, 0.15) is 5.69 Å². The summed E-state index contributed by atoms with van der Waals surface area (Å²) in [5.74, 6) is 0. The number of sulfonamides is 1. The highest BCUT2D eigenvalue weighted by Crippen LogP contribution is 2.32. The summed E-state index contributed by atoms with van der Waals surface area (Å²) in [6, 6.07) is 3.68. The first kappa shape index (κ1) is 19.6. The van der Waals surface area contributed by atoms with Crippen LogP contribution in [0, 0.1) is 10.1 Å². The lowest BCUT2D eigenvalue weighted by atomic mass is 10.2. The monoisotopic (exact) mass is 371 g/mol. The van der Waals surface area contributed by atoms with Gasteiger partial charge in [-0.3, -0.25) is 10.1 Å². The minimum absolute atomic E-state index is 0.110. The number of hydrogen-bond acceptors (Lipinski definition) is 6. The van der Waals surface area contributed by atoms with Gasteiger partial charge >= 0.3 is 0 Å². The standard InChI is InChI=1S/C16H25N3O5S/c1-13(12-24-2)17-25(22,23)14-7-8-15(16(11-14)19(20)21)18-9-5-3-4-6-10-18/h7-8,11,13,17H,3-6,9-10,12H2,1-2H3/t13-/m1/s1. The van der Waals surface area contributed by atoms with Gasteiger partial charge in [0.25, 0.3) is 5.69 Å². The van der Waals surface area contributed by atoms with Crippen LogP contribution in [-0.2, 0) is 14.8 Å². The predicted molar refractivity (Wildman–Crippen MR) is 95.4 cm³/mol. The molecule has 1 atom stereocenters. The molecule has 1 saturated heterocycles. The fourth-order valence-corrected chi connectivity index (χ4v) is 4.26. The van der Waals surface area contributed by atoms with Crippen LogP contribution in [0.2, 0.25) is 0 Å². The van der Waals surface area contributed by atoms with E-state index in [2.05, 4.69) is 4.72 Å². The third-order valence-electron chi connectivity index (χ3n) is 4.17. The van der Waals surface area contributed by atoms with Gasteiger partial charge in [0, 0.05) is 32.3 Å². The smallest absolute Gasteiger partial charge is 0.293 e. The Morgan fingerprint density at radius 1 is 1.28 bits per heavy atom. The molecule has 25 heavy (non-hydrogen) atoms. The van der Waals surface area contributed by atoms with E-state index < -0.39 is 21.0 Å². The Labute approximate surface area is 148 Å². The van der Waals surface area contributed by atoms with E-state index in [0.717, 1.165) is 44.8 Å². The van der Waals surface area contributed by atoms with Crippen molar-refractivity contribution in [1.82, 2.24) is 4.72 Å². The molecule has 2 rings (SSSR count). The highest BCUT2D eigenvalue weighted by Gasteiger charge is 2.25. The number of methoxy groups -OCH3 is 1. The Bertz CT molecular complexity index is 700. The average Bonchev–Trinajstić information content (AvgIpc) is 2.83. The second-order valence-corrected chi connectivity index (χ2v) is 8.00. The summed E-state index contributed by atoms with van der Waals surface area (Å²) in [5, 5.41) is 11.5. The molecule has 0 radical (unpaired) electrons. The zero-order valence-electron chi connectivity index (χ0n) is 14.6. The summed E-state index contributed by atoms with van der Waals surface area (Å²) >= 11 is 0. The summed E-state index contributed by atoms with van der Waals surface area (Å²) in [4.78, 5) is 12.8. The number of benzene rings is 1. The van der Waals surface area contributed by atoms with Crippen LogP contribution >= 0.6 is 0 Å². The van der Waals surface area contributed by atoms with E-state index in [1.165, 1.54) is 13.2 Å². The van der Waals surface area contributed by atoms with Crippen LogP contribution < -0.4 is 9.62 Å². The van der Waals surface area contributed by atoms with Gasteiger partial charge in [-0.1, -0.05) is 12.8 Å². The van der Waals surface area contributed by atoms with E-state index in [1.54, 1.807) is 13.0 Å². The van der Waals surface area contributed by atoms with Gasteiger partial charge in [0.15, 0.2) is 0 Å².